The second kappa shape index (κ2) is 7.88. The van der Waals surface area contributed by atoms with Gasteiger partial charge in [0, 0.05) is 22.6 Å². The lowest BCUT2D eigenvalue weighted by molar-refractivity contribution is 0.102. The van der Waals surface area contributed by atoms with Crippen LogP contribution in [-0.2, 0) is 7.05 Å². The Morgan fingerprint density at radius 2 is 1.90 bits per heavy atom. The average molecular weight is 471 g/mol. The zero-order chi connectivity index (χ0) is 20.5. The van der Waals surface area contributed by atoms with Crippen molar-refractivity contribution in [2.75, 3.05) is 5.32 Å². The molecule has 2 heterocycles. The maximum absolute atomic E-state index is 14.0. The van der Waals surface area contributed by atoms with Gasteiger partial charge in [-0.1, -0.05) is 40.2 Å². The Morgan fingerprint density at radius 1 is 1.17 bits per heavy atom. The molecule has 0 aliphatic rings. The minimum Gasteiger partial charge on any atom is -0.305 e. The van der Waals surface area contributed by atoms with E-state index in [1.807, 2.05) is 31.2 Å². The maximum atomic E-state index is 14.0. The molecular weight excluding hydrogens is 455 g/mol. The number of rotatable bonds is 4. The van der Waals surface area contributed by atoms with E-state index in [1.165, 1.54) is 12.3 Å². The van der Waals surface area contributed by atoms with Crippen molar-refractivity contribution in [3.63, 3.8) is 0 Å². The van der Waals surface area contributed by atoms with Crippen molar-refractivity contribution < 1.29 is 9.18 Å². The minimum absolute atomic E-state index is 0.313. The molecule has 8 heteroatoms. The number of amides is 1. The maximum Gasteiger partial charge on any atom is 0.268 e. The van der Waals surface area contributed by atoms with Gasteiger partial charge in [0.2, 0.25) is 0 Å². The van der Waals surface area contributed by atoms with Gasteiger partial charge in [0.05, 0.1) is 11.9 Å². The summed E-state index contributed by atoms with van der Waals surface area (Å²) in [5.74, 6) is -0.0873. The Labute approximate surface area is 179 Å². The van der Waals surface area contributed by atoms with Gasteiger partial charge >= 0.3 is 0 Å². The quantitative estimate of drug-likeness (QED) is 0.417. The molecule has 1 N–H and O–H groups in total. The van der Waals surface area contributed by atoms with E-state index in [0.29, 0.717) is 21.3 Å². The third-order valence-corrected chi connectivity index (χ3v) is 5.98. The summed E-state index contributed by atoms with van der Waals surface area (Å²) in [6, 6.07) is 14.2. The number of hydrogen-bond acceptors (Lipinski definition) is 4. The molecular formula is C21H16BrFN4OS. The van der Waals surface area contributed by atoms with Crippen molar-refractivity contribution in [1.82, 2.24) is 14.8 Å². The van der Waals surface area contributed by atoms with Crippen LogP contribution in [0.4, 0.5) is 10.2 Å². The fourth-order valence-electron chi connectivity index (χ4n) is 3.07. The smallest absolute Gasteiger partial charge is 0.268 e. The van der Waals surface area contributed by atoms with Crippen molar-refractivity contribution >= 4 is 39.0 Å². The first-order valence-electron chi connectivity index (χ1n) is 8.75. The topological polar surface area (TPSA) is 59.8 Å². The second-order valence-corrected chi connectivity index (χ2v) is 8.35. The number of nitrogens with zero attached hydrogens (tertiary/aromatic N) is 3. The zero-order valence-electron chi connectivity index (χ0n) is 15.6. The van der Waals surface area contributed by atoms with Crippen LogP contribution in [0, 0.1) is 12.7 Å². The van der Waals surface area contributed by atoms with Crippen LogP contribution in [0.15, 0.2) is 59.2 Å². The summed E-state index contributed by atoms with van der Waals surface area (Å²) >= 11 is 4.58. The van der Waals surface area contributed by atoms with Gasteiger partial charge in [-0.25, -0.2) is 9.37 Å². The van der Waals surface area contributed by atoms with Gasteiger partial charge in [-0.2, -0.15) is 5.10 Å². The molecule has 2 aromatic carbocycles. The molecule has 0 unspecified atom stereocenters. The van der Waals surface area contributed by atoms with Gasteiger partial charge in [0.15, 0.2) is 0 Å². The van der Waals surface area contributed by atoms with E-state index in [2.05, 4.69) is 31.3 Å². The lowest BCUT2D eigenvalue weighted by Crippen LogP contribution is -2.14. The molecule has 1 amide bonds. The number of aryl methyl sites for hydroxylation is 2. The van der Waals surface area contributed by atoms with E-state index in [4.69, 9.17) is 0 Å². The normalized spacial score (nSPS) is 10.9. The van der Waals surface area contributed by atoms with Crippen molar-refractivity contribution in [3.8, 4) is 21.7 Å². The van der Waals surface area contributed by atoms with Crippen LogP contribution in [0.2, 0.25) is 0 Å². The minimum atomic E-state index is -0.367. The van der Waals surface area contributed by atoms with E-state index >= 15 is 0 Å². The lowest BCUT2D eigenvalue weighted by Gasteiger charge is -2.08. The van der Waals surface area contributed by atoms with Crippen molar-refractivity contribution in [1.29, 1.82) is 0 Å². The van der Waals surface area contributed by atoms with E-state index in [0.717, 1.165) is 32.6 Å². The Balaban J connectivity index is 1.65. The average Bonchev–Trinajstić information content (AvgIpc) is 3.28. The number of benzene rings is 2. The fraction of sp³-hybridized carbons (Fsp3) is 0.0952. The molecule has 0 saturated heterocycles. The van der Waals surface area contributed by atoms with Gasteiger partial charge in [-0.05, 0) is 36.8 Å². The third-order valence-electron chi connectivity index (χ3n) is 4.42. The van der Waals surface area contributed by atoms with E-state index in [9.17, 15) is 9.18 Å². The number of hydrogen-bond donors (Lipinski definition) is 1. The van der Waals surface area contributed by atoms with Gasteiger partial charge in [0.1, 0.15) is 21.5 Å². The molecule has 4 rings (SSSR count). The summed E-state index contributed by atoms with van der Waals surface area (Å²) in [6.07, 6.45) is 1.46. The summed E-state index contributed by atoms with van der Waals surface area (Å²) in [5, 5.41) is 7.84. The molecule has 0 saturated carbocycles. The molecule has 0 aliphatic carbocycles. The predicted molar refractivity (Wildman–Crippen MR) is 117 cm³/mol. The van der Waals surface area contributed by atoms with Crippen LogP contribution in [0.25, 0.3) is 21.7 Å². The SMILES string of the molecule is Cc1nn(C)c(NC(=O)c2cnc(-c3ccccc3F)s2)c1-c1ccc(Br)cc1. The molecule has 5 nitrogen and oxygen atoms in total. The highest BCUT2D eigenvalue weighted by Gasteiger charge is 2.20. The highest BCUT2D eigenvalue weighted by molar-refractivity contribution is 9.10. The summed E-state index contributed by atoms with van der Waals surface area (Å²) in [5.41, 5.74) is 2.99. The first kappa shape index (κ1) is 19.5. The predicted octanol–water partition coefficient (Wildman–Crippen LogP) is 5.67. The van der Waals surface area contributed by atoms with Crippen LogP contribution in [0.1, 0.15) is 15.4 Å². The number of carbonyl (C=O) groups excluding carboxylic acids is 1. The molecule has 146 valence electrons. The highest BCUT2D eigenvalue weighted by atomic mass is 79.9. The Hall–Kier alpha value is -2.84. The fourth-order valence-corrected chi connectivity index (χ4v) is 4.17. The molecule has 4 aromatic rings. The van der Waals surface area contributed by atoms with Gasteiger partial charge < -0.3 is 5.32 Å². The van der Waals surface area contributed by atoms with E-state index in [-0.39, 0.29) is 11.7 Å². The molecule has 2 aromatic heterocycles. The zero-order valence-corrected chi connectivity index (χ0v) is 18.0. The molecule has 0 spiro atoms. The molecule has 0 atom stereocenters. The van der Waals surface area contributed by atoms with Crippen LogP contribution in [-0.4, -0.2) is 20.7 Å². The number of nitrogens with one attached hydrogen (secondary N) is 1. The highest BCUT2D eigenvalue weighted by Crippen LogP contribution is 2.33. The van der Waals surface area contributed by atoms with Crippen molar-refractivity contribution in [2.24, 2.45) is 7.05 Å². The van der Waals surface area contributed by atoms with Crippen LogP contribution < -0.4 is 5.32 Å². The number of halogens is 2. The number of carbonyl (C=O) groups is 1. The third kappa shape index (κ3) is 3.86. The summed E-state index contributed by atoms with van der Waals surface area (Å²) in [7, 11) is 1.78. The molecule has 29 heavy (non-hydrogen) atoms. The standard InChI is InChI=1S/C21H16BrFN4OS/c1-12-18(13-7-9-14(22)10-8-13)19(27(2)26-12)25-20(28)17-11-24-21(29-17)15-5-3-4-6-16(15)23/h3-11H,1-2H3,(H,25,28). The monoisotopic (exact) mass is 470 g/mol. The molecule has 0 aliphatic heterocycles. The van der Waals surface area contributed by atoms with E-state index in [1.54, 1.807) is 29.9 Å². The summed E-state index contributed by atoms with van der Waals surface area (Å²) < 4.78 is 16.6. The van der Waals surface area contributed by atoms with Crippen LogP contribution in [0.5, 0.6) is 0 Å². The molecule has 0 bridgehead atoms. The first-order chi connectivity index (χ1) is 13.9. The van der Waals surface area contributed by atoms with Crippen molar-refractivity contribution in [3.05, 3.63) is 75.6 Å². The summed E-state index contributed by atoms with van der Waals surface area (Å²) in [6.45, 7) is 1.90. The van der Waals surface area contributed by atoms with Gasteiger partial charge in [0.25, 0.3) is 5.91 Å². The second-order valence-electron chi connectivity index (χ2n) is 6.40. The molecule has 0 radical (unpaired) electrons. The number of anilines is 1. The lowest BCUT2D eigenvalue weighted by atomic mass is 10.1. The summed E-state index contributed by atoms with van der Waals surface area (Å²) in [4.78, 5) is 17.5. The Bertz CT molecular complexity index is 1200. The Morgan fingerprint density at radius 3 is 2.62 bits per heavy atom. The van der Waals surface area contributed by atoms with Crippen LogP contribution in [0.3, 0.4) is 0 Å². The largest absolute Gasteiger partial charge is 0.305 e. The number of aromatic nitrogens is 3. The van der Waals surface area contributed by atoms with E-state index < -0.39 is 0 Å². The number of thiazole rings is 1. The first-order valence-corrected chi connectivity index (χ1v) is 10.4. The van der Waals surface area contributed by atoms with Gasteiger partial charge in [-0.3, -0.25) is 9.48 Å². The Kier molecular flexibility index (Phi) is 5.29. The van der Waals surface area contributed by atoms with Gasteiger partial charge in [-0.15, -0.1) is 11.3 Å². The van der Waals surface area contributed by atoms with Crippen molar-refractivity contribution in [2.45, 2.75) is 6.92 Å². The molecule has 0 fully saturated rings. The van der Waals surface area contributed by atoms with Crippen LogP contribution >= 0.6 is 27.3 Å².